The minimum Gasteiger partial charge on any atom is -0.370 e. The Bertz CT molecular complexity index is 364. The number of carbonyl (C=O) groups is 1. The normalized spacial score (nSPS) is 30.5. The Morgan fingerprint density at radius 3 is 3.11 bits per heavy atom. The van der Waals surface area contributed by atoms with Crippen LogP contribution in [-0.4, -0.2) is 35.6 Å². The van der Waals surface area contributed by atoms with Crippen LogP contribution in [0, 0.1) is 11.3 Å². The summed E-state index contributed by atoms with van der Waals surface area (Å²) in [6, 6.07) is 2.19. The van der Waals surface area contributed by atoms with E-state index in [4.69, 9.17) is 10.00 Å². The Kier molecular flexibility index (Phi) is 4.81. The molecule has 2 saturated heterocycles. The molecule has 0 aliphatic carbocycles. The van der Waals surface area contributed by atoms with Crippen LogP contribution in [0.4, 0.5) is 0 Å². The molecule has 0 aromatic heterocycles. The molecule has 19 heavy (non-hydrogen) atoms. The SMILES string of the molecule is CCCC(=O)N1CCC[C@]2(CC[C@H](CCC#N)O2)C1. The second-order valence-corrected chi connectivity index (χ2v) is 5.83. The third-order valence-corrected chi connectivity index (χ3v) is 4.27. The number of nitriles is 1. The lowest BCUT2D eigenvalue weighted by Crippen LogP contribution is -2.50. The van der Waals surface area contributed by atoms with E-state index in [1.807, 2.05) is 11.8 Å². The van der Waals surface area contributed by atoms with Gasteiger partial charge >= 0.3 is 0 Å². The van der Waals surface area contributed by atoms with Crippen LogP contribution < -0.4 is 0 Å². The van der Waals surface area contributed by atoms with Gasteiger partial charge in [-0.2, -0.15) is 5.26 Å². The fourth-order valence-corrected chi connectivity index (χ4v) is 3.31. The van der Waals surface area contributed by atoms with E-state index in [2.05, 4.69) is 6.07 Å². The zero-order chi connectivity index (χ0) is 13.7. The molecule has 0 unspecified atom stereocenters. The Balaban J connectivity index is 1.90. The van der Waals surface area contributed by atoms with Gasteiger partial charge in [0.15, 0.2) is 0 Å². The molecule has 2 atom stereocenters. The van der Waals surface area contributed by atoms with Gasteiger partial charge in [-0.25, -0.2) is 0 Å². The molecule has 0 N–H and O–H groups in total. The fraction of sp³-hybridized carbons (Fsp3) is 0.867. The second-order valence-electron chi connectivity index (χ2n) is 5.83. The Hall–Kier alpha value is -1.08. The molecule has 0 saturated carbocycles. The highest BCUT2D eigenvalue weighted by Gasteiger charge is 2.43. The van der Waals surface area contributed by atoms with Crippen molar-refractivity contribution in [2.24, 2.45) is 0 Å². The van der Waals surface area contributed by atoms with Crippen molar-refractivity contribution in [2.75, 3.05) is 13.1 Å². The number of piperidine rings is 1. The van der Waals surface area contributed by atoms with Crippen LogP contribution in [0.3, 0.4) is 0 Å². The maximum Gasteiger partial charge on any atom is 0.222 e. The van der Waals surface area contributed by atoms with E-state index in [0.29, 0.717) is 12.8 Å². The molecule has 106 valence electrons. The van der Waals surface area contributed by atoms with E-state index in [1.165, 1.54) is 0 Å². The lowest BCUT2D eigenvalue weighted by Gasteiger charge is -2.40. The Labute approximate surface area is 115 Å². The molecule has 1 amide bonds. The van der Waals surface area contributed by atoms with Crippen LogP contribution >= 0.6 is 0 Å². The molecule has 2 aliphatic heterocycles. The van der Waals surface area contributed by atoms with Crippen LogP contribution in [0.2, 0.25) is 0 Å². The first kappa shape index (κ1) is 14.3. The monoisotopic (exact) mass is 264 g/mol. The summed E-state index contributed by atoms with van der Waals surface area (Å²) in [6.45, 7) is 3.68. The second kappa shape index (κ2) is 6.38. The van der Waals surface area contributed by atoms with Gasteiger partial charge in [-0.3, -0.25) is 4.79 Å². The van der Waals surface area contributed by atoms with Crippen LogP contribution in [-0.2, 0) is 9.53 Å². The van der Waals surface area contributed by atoms with E-state index >= 15 is 0 Å². The summed E-state index contributed by atoms with van der Waals surface area (Å²) in [4.78, 5) is 14.0. The van der Waals surface area contributed by atoms with Gasteiger partial charge in [-0.05, 0) is 38.5 Å². The van der Waals surface area contributed by atoms with Crippen molar-refractivity contribution in [2.45, 2.75) is 70.0 Å². The molecule has 2 fully saturated rings. The first-order valence-corrected chi connectivity index (χ1v) is 7.51. The summed E-state index contributed by atoms with van der Waals surface area (Å²) in [5.41, 5.74) is -0.109. The lowest BCUT2D eigenvalue weighted by atomic mass is 9.89. The summed E-state index contributed by atoms with van der Waals surface area (Å²) in [5, 5.41) is 8.64. The van der Waals surface area contributed by atoms with Crippen molar-refractivity contribution in [1.82, 2.24) is 4.90 Å². The number of amides is 1. The number of nitrogens with zero attached hydrogens (tertiary/aromatic N) is 2. The fourth-order valence-electron chi connectivity index (χ4n) is 3.31. The molecule has 1 spiro atoms. The maximum atomic E-state index is 12.0. The highest BCUT2D eigenvalue weighted by Crippen LogP contribution is 2.39. The van der Waals surface area contributed by atoms with E-state index in [9.17, 15) is 4.79 Å². The van der Waals surface area contributed by atoms with E-state index in [1.54, 1.807) is 0 Å². The van der Waals surface area contributed by atoms with Gasteiger partial charge in [0.2, 0.25) is 5.91 Å². The number of hydrogen-bond donors (Lipinski definition) is 0. The molecule has 4 nitrogen and oxygen atoms in total. The summed E-state index contributed by atoms with van der Waals surface area (Å²) in [6.07, 6.45) is 7.37. The van der Waals surface area contributed by atoms with Gasteiger partial charge in [0.25, 0.3) is 0 Å². The summed E-state index contributed by atoms with van der Waals surface area (Å²) >= 11 is 0. The molecule has 0 aromatic carbocycles. The predicted octanol–water partition coefficient (Wildman–Crippen LogP) is 2.63. The van der Waals surface area contributed by atoms with Crippen molar-refractivity contribution >= 4 is 5.91 Å². The van der Waals surface area contributed by atoms with Crippen LogP contribution in [0.5, 0.6) is 0 Å². The molecule has 2 rings (SSSR count). The maximum absolute atomic E-state index is 12.0. The summed E-state index contributed by atoms with van der Waals surface area (Å²) in [7, 11) is 0. The first-order chi connectivity index (χ1) is 9.19. The van der Waals surface area contributed by atoms with Gasteiger partial charge in [-0.15, -0.1) is 0 Å². The van der Waals surface area contributed by atoms with Gasteiger partial charge in [0, 0.05) is 25.9 Å². The number of ether oxygens (including phenoxy) is 1. The molecule has 0 bridgehead atoms. The van der Waals surface area contributed by atoms with Crippen molar-refractivity contribution in [3.05, 3.63) is 0 Å². The van der Waals surface area contributed by atoms with Gasteiger partial charge in [-0.1, -0.05) is 6.92 Å². The van der Waals surface area contributed by atoms with E-state index < -0.39 is 0 Å². The average Bonchev–Trinajstić information content (AvgIpc) is 2.79. The zero-order valence-corrected chi connectivity index (χ0v) is 11.9. The minimum atomic E-state index is -0.109. The predicted molar refractivity (Wildman–Crippen MR) is 72.4 cm³/mol. The number of rotatable bonds is 4. The molecule has 4 heteroatoms. The van der Waals surface area contributed by atoms with Crippen LogP contribution in [0.1, 0.15) is 58.3 Å². The smallest absolute Gasteiger partial charge is 0.222 e. The number of hydrogen-bond acceptors (Lipinski definition) is 3. The lowest BCUT2D eigenvalue weighted by molar-refractivity contribution is -0.142. The Morgan fingerprint density at radius 1 is 1.53 bits per heavy atom. The summed E-state index contributed by atoms with van der Waals surface area (Å²) in [5.74, 6) is 0.269. The van der Waals surface area contributed by atoms with Crippen molar-refractivity contribution in [3.8, 4) is 6.07 Å². The average molecular weight is 264 g/mol. The minimum absolute atomic E-state index is 0.109. The molecule has 2 aliphatic rings. The molecule has 0 radical (unpaired) electrons. The highest BCUT2D eigenvalue weighted by atomic mass is 16.5. The van der Waals surface area contributed by atoms with Crippen molar-refractivity contribution in [3.63, 3.8) is 0 Å². The molecular formula is C15H24N2O2. The molecular weight excluding hydrogens is 240 g/mol. The Morgan fingerprint density at radius 2 is 2.37 bits per heavy atom. The molecule has 2 heterocycles. The topological polar surface area (TPSA) is 53.3 Å². The van der Waals surface area contributed by atoms with Gasteiger partial charge < -0.3 is 9.64 Å². The van der Waals surface area contributed by atoms with Crippen molar-refractivity contribution in [1.29, 1.82) is 5.26 Å². The third-order valence-electron chi connectivity index (χ3n) is 4.27. The van der Waals surface area contributed by atoms with Gasteiger partial charge in [0.1, 0.15) is 0 Å². The van der Waals surface area contributed by atoms with Crippen molar-refractivity contribution < 1.29 is 9.53 Å². The highest BCUT2D eigenvalue weighted by molar-refractivity contribution is 5.76. The van der Waals surface area contributed by atoms with Gasteiger partial charge in [0.05, 0.1) is 17.8 Å². The standard InChI is InChI=1S/C15H24N2O2/c1-2-5-14(18)17-11-4-8-15(12-17)9-7-13(19-15)6-3-10-16/h13H,2-9,11-12H2,1H3/t13-,15-/m0/s1. The first-order valence-electron chi connectivity index (χ1n) is 7.51. The quantitative estimate of drug-likeness (QED) is 0.784. The summed E-state index contributed by atoms with van der Waals surface area (Å²) < 4.78 is 6.21. The zero-order valence-electron chi connectivity index (χ0n) is 11.9. The third kappa shape index (κ3) is 3.48. The van der Waals surface area contributed by atoms with E-state index in [-0.39, 0.29) is 17.6 Å². The number of carbonyl (C=O) groups excluding carboxylic acids is 1. The van der Waals surface area contributed by atoms with Crippen LogP contribution in [0.15, 0.2) is 0 Å². The molecule has 0 aromatic rings. The number of likely N-dealkylation sites (tertiary alicyclic amines) is 1. The van der Waals surface area contributed by atoms with Crippen LogP contribution in [0.25, 0.3) is 0 Å². The van der Waals surface area contributed by atoms with E-state index in [0.717, 1.165) is 51.6 Å². The largest absolute Gasteiger partial charge is 0.370 e.